The molecule has 1 aliphatic rings. The molecule has 0 bridgehead atoms. The Labute approximate surface area is 103 Å². The smallest absolute Gasteiger partial charge is 0.221 e. The Morgan fingerprint density at radius 1 is 1.29 bits per heavy atom. The van der Waals surface area contributed by atoms with Gasteiger partial charge in [-0.25, -0.2) is 0 Å². The summed E-state index contributed by atoms with van der Waals surface area (Å²) in [5.41, 5.74) is 0. The van der Waals surface area contributed by atoms with E-state index in [-0.39, 0.29) is 12.3 Å². The highest BCUT2D eigenvalue weighted by atomic mass is 35.5. The van der Waals surface area contributed by atoms with Crippen LogP contribution in [-0.4, -0.2) is 69.5 Å². The quantitative estimate of drug-likeness (QED) is 0.361. The topological polar surface area (TPSA) is 119 Å². The van der Waals surface area contributed by atoms with E-state index >= 15 is 0 Å². The molecule has 5 N–H and O–H groups in total. The van der Waals surface area contributed by atoms with Gasteiger partial charge in [0, 0.05) is 12.3 Å². The van der Waals surface area contributed by atoms with Crippen molar-refractivity contribution >= 4 is 17.5 Å². The minimum atomic E-state index is -1.50. The second kappa shape index (κ2) is 6.48. The first-order valence-electron chi connectivity index (χ1n) is 5.17. The van der Waals surface area contributed by atoms with Crippen LogP contribution in [-0.2, 0) is 9.53 Å². The maximum Gasteiger partial charge on any atom is 0.221 e. The van der Waals surface area contributed by atoms with Crippen LogP contribution in [0.5, 0.6) is 0 Å². The zero-order valence-electron chi connectivity index (χ0n) is 8.99. The van der Waals surface area contributed by atoms with Crippen molar-refractivity contribution in [3.8, 4) is 0 Å². The lowest BCUT2D eigenvalue weighted by Gasteiger charge is -2.40. The predicted octanol–water partition coefficient (Wildman–Crippen LogP) is -2.47. The second-order valence-corrected chi connectivity index (χ2v) is 4.14. The average Bonchev–Trinajstić information content (AvgIpc) is 2.29. The first-order chi connectivity index (χ1) is 8.01. The molecule has 1 aliphatic heterocycles. The highest BCUT2D eigenvalue weighted by Crippen LogP contribution is 2.19. The molecule has 7 nitrogen and oxygen atoms in total. The van der Waals surface area contributed by atoms with Gasteiger partial charge in [0.15, 0.2) is 6.29 Å². The van der Waals surface area contributed by atoms with Gasteiger partial charge in [0.1, 0.15) is 24.4 Å². The number of rotatable bonds is 4. The summed E-state index contributed by atoms with van der Waals surface area (Å²) >= 11 is 5.36. The minimum Gasteiger partial charge on any atom is -0.394 e. The van der Waals surface area contributed by atoms with Crippen LogP contribution in [0.25, 0.3) is 0 Å². The van der Waals surface area contributed by atoms with Crippen molar-refractivity contribution in [2.24, 2.45) is 0 Å². The molecular weight excluding hydrogens is 254 g/mol. The Morgan fingerprint density at radius 2 is 1.94 bits per heavy atom. The van der Waals surface area contributed by atoms with Crippen LogP contribution in [0.3, 0.4) is 0 Å². The largest absolute Gasteiger partial charge is 0.394 e. The average molecular weight is 270 g/mol. The lowest BCUT2D eigenvalue weighted by molar-refractivity contribution is -0.253. The fourth-order valence-corrected chi connectivity index (χ4v) is 1.77. The maximum absolute atomic E-state index is 11.3. The number of amides is 1. The van der Waals surface area contributed by atoms with Gasteiger partial charge in [-0.2, -0.15) is 0 Å². The molecule has 5 unspecified atom stereocenters. The van der Waals surface area contributed by atoms with E-state index in [4.69, 9.17) is 21.4 Å². The summed E-state index contributed by atoms with van der Waals surface area (Å²) in [7, 11) is 0. The highest BCUT2D eigenvalue weighted by molar-refractivity contribution is 6.18. The molecule has 0 radical (unpaired) electrons. The van der Waals surface area contributed by atoms with E-state index < -0.39 is 43.2 Å². The molecule has 1 heterocycles. The molecule has 0 aliphatic carbocycles. The first kappa shape index (κ1) is 14.6. The van der Waals surface area contributed by atoms with E-state index in [2.05, 4.69) is 5.32 Å². The molecule has 1 fully saturated rings. The molecule has 8 heteroatoms. The molecule has 0 spiro atoms. The van der Waals surface area contributed by atoms with Gasteiger partial charge in [0.2, 0.25) is 5.91 Å². The van der Waals surface area contributed by atoms with Crippen LogP contribution in [0.1, 0.15) is 6.42 Å². The Hall–Kier alpha value is -0.440. The molecule has 1 rings (SSSR count). The van der Waals surface area contributed by atoms with Gasteiger partial charge < -0.3 is 30.5 Å². The van der Waals surface area contributed by atoms with Gasteiger partial charge >= 0.3 is 0 Å². The third kappa shape index (κ3) is 3.51. The van der Waals surface area contributed by atoms with Crippen LogP contribution in [0.4, 0.5) is 0 Å². The van der Waals surface area contributed by atoms with E-state index in [1.165, 1.54) is 0 Å². The van der Waals surface area contributed by atoms with E-state index in [0.717, 1.165) is 0 Å². The van der Waals surface area contributed by atoms with Crippen molar-refractivity contribution in [1.82, 2.24) is 5.32 Å². The SMILES string of the molecule is O=C(CCCl)NC1C(O)OC(CO)C(O)C1O. The first-order valence-corrected chi connectivity index (χ1v) is 5.70. The van der Waals surface area contributed by atoms with E-state index in [1.807, 2.05) is 0 Å². The zero-order valence-corrected chi connectivity index (χ0v) is 9.75. The van der Waals surface area contributed by atoms with E-state index in [9.17, 15) is 20.1 Å². The number of ether oxygens (including phenoxy) is 1. The lowest BCUT2D eigenvalue weighted by atomic mass is 9.97. The van der Waals surface area contributed by atoms with E-state index in [1.54, 1.807) is 0 Å². The summed E-state index contributed by atoms with van der Waals surface area (Å²) in [6.45, 7) is -0.544. The number of alkyl halides is 1. The van der Waals surface area contributed by atoms with Gasteiger partial charge in [-0.1, -0.05) is 0 Å². The number of hydrogen-bond donors (Lipinski definition) is 5. The summed E-state index contributed by atoms with van der Waals surface area (Å²) < 4.78 is 4.86. The van der Waals surface area contributed by atoms with Crippen LogP contribution >= 0.6 is 11.6 Å². The number of halogens is 1. The summed E-state index contributed by atoms with van der Waals surface area (Å²) in [6, 6.07) is -1.15. The number of aliphatic hydroxyl groups is 4. The Balaban J connectivity index is 2.63. The predicted molar refractivity (Wildman–Crippen MR) is 57.2 cm³/mol. The fraction of sp³-hybridized carbons (Fsp3) is 0.889. The summed E-state index contributed by atoms with van der Waals surface area (Å²) in [5.74, 6) is -0.366. The number of carbonyl (C=O) groups excluding carboxylic acids is 1. The third-order valence-electron chi connectivity index (χ3n) is 2.55. The van der Waals surface area contributed by atoms with Gasteiger partial charge in [-0.15, -0.1) is 11.6 Å². The minimum absolute atomic E-state index is 0.0248. The lowest BCUT2D eigenvalue weighted by Crippen LogP contribution is -2.64. The molecule has 0 aromatic heterocycles. The van der Waals surface area contributed by atoms with Gasteiger partial charge in [0.25, 0.3) is 0 Å². The Bertz CT molecular complexity index is 266. The molecule has 0 saturated carbocycles. The molecule has 17 heavy (non-hydrogen) atoms. The molecule has 5 atom stereocenters. The van der Waals surface area contributed by atoms with Crippen LogP contribution in [0, 0.1) is 0 Å². The van der Waals surface area contributed by atoms with Crippen molar-refractivity contribution in [2.75, 3.05) is 12.5 Å². The summed E-state index contributed by atoms with van der Waals surface area (Å²) in [4.78, 5) is 11.3. The van der Waals surface area contributed by atoms with Crippen molar-refractivity contribution in [2.45, 2.75) is 37.1 Å². The highest BCUT2D eigenvalue weighted by Gasteiger charge is 2.44. The molecule has 0 aromatic carbocycles. The number of aliphatic hydroxyl groups excluding tert-OH is 4. The van der Waals surface area contributed by atoms with Crippen LogP contribution in [0.2, 0.25) is 0 Å². The van der Waals surface area contributed by atoms with Crippen molar-refractivity contribution in [3.05, 3.63) is 0 Å². The Kier molecular flexibility index (Phi) is 5.57. The van der Waals surface area contributed by atoms with E-state index in [0.29, 0.717) is 0 Å². The van der Waals surface area contributed by atoms with Gasteiger partial charge in [0.05, 0.1) is 6.61 Å². The van der Waals surface area contributed by atoms with Gasteiger partial charge in [-0.05, 0) is 0 Å². The summed E-state index contributed by atoms with van der Waals surface area (Å²) in [6.07, 6.45) is -5.36. The van der Waals surface area contributed by atoms with Crippen LogP contribution < -0.4 is 5.32 Å². The Morgan fingerprint density at radius 3 is 2.47 bits per heavy atom. The van der Waals surface area contributed by atoms with Crippen molar-refractivity contribution in [3.63, 3.8) is 0 Å². The maximum atomic E-state index is 11.3. The number of nitrogens with one attached hydrogen (secondary N) is 1. The molecule has 1 saturated heterocycles. The molecular formula is C9H16ClNO6. The normalized spacial score (nSPS) is 37.8. The van der Waals surface area contributed by atoms with Gasteiger partial charge in [-0.3, -0.25) is 4.79 Å². The zero-order chi connectivity index (χ0) is 13.0. The number of hydrogen-bond acceptors (Lipinski definition) is 6. The molecule has 1 amide bonds. The molecule has 100 valence electrons. The monoisotopic (exact) mass is 269 g/mol. The van der Waals surface area contributed by atoms with Crippen molar-refractivity contribution in [1.29, 1.82) is 0 Å². The fourth-order valence-electron chi connectivity index (χ4n) is 1.60. The van der Waals surface area contributed by atoms with Crippen molar-refractivity contribution < 1.29 is 30.0 Å². The molecule has 0 aromatic rings. The standard InChI is InChI=1S/C9H16ClNO6/c10-2-1-5(13)11-6-8(15)7(14)4(3-12)17-9(6)16/h4,6-9,12,14-16H,1-3H2,(H,11,13). The second-order valence-electron chi connectivity index (χ2n) is 3.76. The third-order valence-corrected chi connectivity index (χ3v) is 2.74. The summed E-state index contributed by atoms with van der Waals surface area (Å²) in [5, 5.41) is 39.9. The number of carbonyl (C=O) groups is 1. The van der Waals surface area contributed by atoms with Crippen LogP contribution in [0.15, 0.2) is 0 Å².